The second-order valence-electron chi connectivity index (χ2n) is 4.78. The molecule has 0 spiro atoms. The first-order valence-electron chi connectivity index (χ1n) is 6.28. The molecule has 1 aromatic heterocycles. The monoisotopic (exact) mass is 222 g/mol. The summed E-state index contributed by atoms with van der Waals surface area (Å²) in [5, 5.41) is 3.35. The Bertz CT molecular complexity index is 321. The highest BCUT2D eigenvalue weighted by Gasteiger charge is 2.20. The Kier molecular flexibility index (Phi) is 4.02. The van der Waals surface area contributed by atoms with Crippen molar-refractivity contribution < 1.29 is 4.42 Å². The van der Waals surface area contributed by atoms with Crippen LogP contribution >= 0.6 is 0 Å². The lowest BCUT2D eigenvalue weighted by molar-refractivity contribution is 0.287. The van der Waals surface area contributed by atoms with Gasteiger partial charge in [-0.15, -0.1) is 0 Å². The summed E-state index contributed by atoms with van der Waals surface area (Å²) in [5.41, 5.74) is 1.31. The fraction of sp³-hybridized carbons (Fsp3) is 0.692. The molecule has 0 radical (unpaired) electrons. The van der Waals surface area contributed by atoms with Crippen LogP contribution in [0.3, 0.4) is 0 Å². The molecule has 1 atom stereocenters. The molecule has 1 unspecified atom stereocenters. The van der Waals surface area contributed by atoms with Crippen molar-refractivity contribution in [2.24, 2.45) is 5.92 Å². The highest BCUT2D eigenvalue weighted by molar-refractivity contribution is 5.16. The van der Waals surface area contributed by atoms with E-state index >= 15 is 0 Å². The van der Waals surface area contributed by atoms with Crippen LogP contribution in [0, 0.1) is 5.92 Å². The lowest BCUT2D eigenvalue weighted by atomic mass is 10.2. The van der Waals surface area contributed by atoms with Crippen LogP contribution in [-0.2, 0) is 13.1 Å². The Hall–Kier alpha value is -0.800. The van der Waals surface area contributed by atoms with Crippen LogP contribution < -0.4 is 5.32 Å². The largest absolute Gasteiger partial charge is 0.468 e. The Morgan fingerprint density at radius 2 is 2.44 bits per heavy atom. The van der Waals surface area contributed by atoms with Gasteiger partial charge in [-0.05, 0) is 31.5 Å². The van der Waals surface area contributed by atoms with Gasteiger partial charge < -0.3 is 9.73 Å². The van der Waals surface area contributed by atoms with Gasteiger partial charge in [-0.2, -0.15) is 0 Å². The Balaban J connectivity index is 1.90. The van der Waals surface area contributed by atoms with Gasteiger partial charge in [0.1, 0.15) is 5.76 Å². The van der Waals surface area contributed by atoms with Crippen LogP contribution in [0.5, 0.6) is 0 Å². The zero-order chi connectivity index (χ0) is 11.4. The minimum absolute atomic E-state index is 0.840. The molecule has 2 rings (SSSR count). The number of furan rings is 1. The van der Waals surface area contributed by atoms with Crippen molar-refractivity contribution in [3.05, 3.63) is 23.7 Å². The molecule has 2 heterocycles. The molecular weight excluding hydrogens is 200 g/mol. The van der Waals surface area contributed by atoms with Crippen LogP contribution in [0.15, 0.2) is 16.7 Å². The molecule has 1 aromatic rings. The minimum Gasteiger partial charge on any atom is -0.468 e. The first-order chi connectivity index (χ1) is 7.79. The first kappa shape index (κ1) is 11.7. The predicted octanol–water partition coefficient (Wildman–Crippen LogP) is 2.23. The predicted molar refractivity (Wildman–Crippen MR) is 65.1 cm³/mol. The average Bonchev–Trinajstić information content (AvgIpc) is 2.86. The number of hydrogen-bond donors (Lipinski definition) is 1. The number of nitrogens with one attached hydrogen (secondary N) is 1. The second kappa shape index (κ2) is 5.51. The maximum Gasteiger partial charge on any atom is 0.122 e. The molecule has 1 saturated heterocycles. The molecule has 0 aliphatic carbocycles. The lowest BCUT2D eigenvalue weighted by Crippen LogP contribution is -2.21. The van der Waals surface area contributed by atoms with Crippen molar-refractivity contribution in [1.82, 2.24) is 10.2 Å². The molecule has 0 amide bonds. The molecule has 0 saturated carbocycles. The van der Waals surface area contributed by atoms with Gasteiger partial charge in [0.05, 0.1) is 12.8 Å². The third-order valence-corrected chi connectivity index (χ3v) is 3.28. The molecule has 3 heteroatoms. The standard InChI is InChI=1S/C13H22N2O/c1-3-14-8-12-5-7-16-13(12)10-15-6-4-11(2)9-15/h5,7,11,14H,3-4,6,8-10H2,1-2H3. The van der Waals surface area contributed by atoms with E-state index in [9.17, 15) is 0 Å². The van der Waals surface area contributed by atoms with Gasteiger partial charge in [-0.25, -0.2) is 0 Å². The number of likely N-dealkylation sites (tertiary alicyclic amines) is 1. The summed E-state index contributed by atoms with van der Waals surface area (Å²) in [6.45, 7) is 9.77. The van der Waals surface area contributed by atoms with Gasteiger partial charge in [0.15, 0.2) is 0 Å². The molecule has 0 aromatic carbocycles. The molecule has 1 aliphatic heterocycles. The third-order valence-electron chi connectivity index (χ3n) is 3.28. The number of hydrogen-bond acceptors (Lipinski definition) is 3. The van der Waals surface area contributed by atoms with Gasteiger partial charge in [-0.1, -0.05) is 13.8 Å². The summed E-state index contributed by atoms with van der Waals surface area (Å²) in [6.07, 6.45) is 3.13. The van der Waals surface area contributed by atoms with E-state index < -0.39 is 0 Å². The van der Waals surface area contributed by atoms with E-state index in [0.29, 0.717) is 0 Å². The van der Waals surface area contributed by atoms with E-state index in [1.54, 1.807) is 0 Å². The number of nitrogens with zero attached hydrogens (tertiary/aromatic N) is 1. The Morgan fingerprint density at radius 3 is 3.12 bits per heavy atom. The highest BCUT2D eigenvalue weighted by Crippen LogP contribution is 2.20. The summed E-state index contributed by atoms with van der Waals surface area (Å²) in [6, 6.07) is 2.08. The summed E-state index contributed by atoms with van der Waals surface area (Å²) in [7, 11) is 0. The minimum atomic E-state index is 0.840. The molecular formula is C13H22N2O. The zero-order valence-corrected chi connectivity index (χ0v) is 10.3. The summed E-state index contributed by atoms with van der Waals surface area (Å²) in [4.78, 5) is 2.49. The van der Waals surface area contributed by atoms with Crippen molar-refractivity contribution in [1.29, 1.82) is 0 Å². The van der Waals surface area contributed by atoms with Crippen LogP contribution in [0.25, 0.3) is 0 Å². The van der Waals surface area contributed by atoms with Crippen LogP contribution in [-0.4, -0.2) is 24.5 Å². The van der Waals surface area contributed by atoms with E-state index in [0.717, 1.165) is 31.3 Å². The maximum atomic E-state index is 5.58. The molecule has 1 fully saturated rings. The van der Waals surface area contributed by atoms with Crippen molar-refractivity contribution in [2.75, 3.05) is 19.6 Å². The molecule has 3 nitrogen and oxygen atoms in total. The van der Waals surface area contributed by atoms with E-state index in [1.165, 1.54) is 25.1 Å². The van der Waals surface area contributed by atoms with Gasteiger partial charge >= 0.3 is 0 Å². The normalized spacial score (nSPS) is 21.8. The van der Waals surface area contributed by atoms with E-state index in [1.807, 2.05) is 6.26 Å². The summed E-state index contributed by atoms with van der Waals surface area (Å²) >= 11 is 0. The SMILES string of the molecule is CCNCc1ccoc1CN1CCC(C)C1. The van der Waals surface area contributed by atoms with Gasteiger partial charge in [-0.3, -0.25) is 4.90 Å². The molecule has 1 N–H and O–H groups in total. The molecule has 90 valence electrons. The smallest absolute Gasteiger partial charge is 0.122 e. The number of rotatable bonds is 5. The summed E-state index contributed by atoms with van der Waals surface area (Å²) < 4.78 is 5.58. The van der Waals surface area contributed by atoms with E-state index in [2.05, 4.69) is 30.1 Å². The maximum absolute atomic E-state index is 5.58. The second-order valence-corrected chi connectivity index (χ2v) is 4.78. The van der Waals surface area contributed by atoms with Gasteiger partial charge in [0, 0.05) is 18.7 Å². The Morgan fingerprint density at radius 1 is 1.56 bits per heavy atom. The van der Waals surface area contributed by atoms with E-state index in [-0.39, 0.29) is 0 Å². The van der Waals surface area contributed by atoms with E-state index in [4.69, 9.17) is 4.42 Å². The molecule has 0 bridgehead atoms. The zero-order valence-electron chi connectivity index (χ0n) is 10.3. The fourth-order valence-corrected chi connectivity index (χ4v) is 2.30. The molecule has 1 aliphatic rings. The van der Waals surface area contributed by atoms with Crippen molar-refractivity contribution in [3.8, 4) is 0 Å². The van der Waals surface area contributed by atoms with Gasteiger partial charge in [0.25, 0.3) is 0 Å². The first-order valence-corrected chi connectivity index (χ1v) is 6.28. The lowest BCUT2D eigenvalue weighted by Gasteiger charge is -2.14. The van der Waals surface area contributed by atoms with Crippen LogP contribution in [0.2, 0.25) is 0 Å². The fourth-order valence-electron chi connectivity index (χ4n) is 2.30. The quantitative estimate of drug-likeness (QED) is 0.828. The summed E-state index contributed by atoms with van der Waals surface area (Å²) in [5.74, 6) is 1.97. The average molecular weight is 222 g/mol. The van der Waals surface area contributed by atoms with Crippen LogP contribution in [0.1, 0.15) is 31.6 Å². The van der Waals surface area contributed by atoms with Crippen molar-refractivity contribution in [2.45, 2.75) is 33.4 Å². The highest BCUT2D eigenvalue weighted by atomic mass is 16.3. The molecule has 16 heavy (non-hydrogen) atoms. The van der Waals surface area contributed by atoms with Crippen LogP contribution in [0.4, 0.5) is 0 Å². The topological polar surface area (TPSA) is 28.4 Å². The van der Waals surface area contributed by atoms with Crippen molar-refractivity contribution in [3.63, 3.8) is 0 Å². The third kappa shape index (κ3) is 2.86. The van der Waals surface area contributed by atoms with Gasteiger partial charge in [0.2, 0.25) is 0 Å². The van der Waals surface area contributed by atoms with Crippen molar-refractivity contribution >= 4 is 0 Å². The Labute approximate surface area is 97.8 Å².